The van der Waals surface area contributed by atoms with Gasteiger partial charge in [-0.3, -0.25) is 18.6 Å². The number of phosphoric ester groups is 1. The van der Waals surface area contributed by atoms with Gasteiger partial charge in [0.05, 0.1) is 33.8 Å². The van der Waals surface area contributed by atoms with Crippen LogP contribution in [0.4, 0.5) is 0 Å². The van der Waals surface area contributed by atoms with Gasteiger partial charge in [-0.05, 0) is 102 Å². The molecule has 0 bridgehead atoms. The molecule has 3 unspecified atom stereocenters. The van der Waals surface area contributed by atoms with Crippen LogP contribution < -0.4 is 5.32 Å². The number of quaternary nitrogens is 1. The Hall–Kier alpha value is -2.55. The largest absolute Gasteiger partial charge is 0.472 e. The number of phosphoric acid groups is 1. The summed E-state index contributed by atoms with van der Waals surface area (Å²) in [5.74, 6) is -0.492. The second-order valence-corrected chi connectivity index (χ2v) is 29.0. The molecule has 0 aliphatic rings. The molecule has 0 heterocycles. The Morgan fingerprint density at radius 1 is 0.389 bits per heavy atom. The smallest absolute Gasteiger partial charge is 0.456 e. The van der Waals surface area contributed by atoms with Crippen LogP contribution in [0.3, 0.4) is 0 Å². The number of hydrogen-bond donors (Lipinski definition) is 2. The summed E-state index contributed by atoms with van der Waals surface area (Å²) >= 11 is 0. The summed E-state index contributed by atoms with van der Waals surface area (Å²) in [6, 6.07) is -0.852. The van der Waals surface area contributed by atoms with Gasteiger partial charge in [0.1, 0.15) is 19.3 Å². The average molecular weight is 1280 g/mol. The lowest BCUT2D eigenvalue weighted by Gasteiger charge is -2.27. The molecule has 10 heteroatoms. The number of unbranched alkanes of at least 4 members (excludes halogenated alkanes) is 45. The van der Waals surface area contributed by atoms with Crippen molar-refractivity contribution in [3.63, 3.8) is 0 Å². The van der Waals surface area contributed by atoms with Crippen molar-refractivity contribution in [2.45, 2.75) is 386 Å². The first-order valence-corrected chi connectivity index (χ1v) is 40.3. The highest BCUT2D eigenvalue weighted by Gasteiger charge is 2.30. The number of nitrogens with zero attached hydrogens (tertiary/aromatic N) is 1. The van der Waals surface area contributed by atoms with Gasteiger partial charge in [-0.2, -0.15) is 0 Å². The van der Waals surface area contributed by atoms with Gasteiger partial charge in [0.25, 0.3) is 0 Å². The van der Waals surface area contributed by atoms with Crippen LogP contribution in [0.25, 0.3) is 0 Å². The van der Waals surface area contributed by atoms with Crippen LogP contribution >= 0.6 is 7.82 Å². The molecular formula is C80H150N2O7P+. The predicted octanol–water partition coefficient (Wildman–Crippen LogP) is 25.1. The van der Waals surface area contributed by atoms with Crippen molar-refractivity contribution in [2.24, 2.45) is 0 Å². The Morgan fingerprint density at radius 3 is 1.03 bits per heavy atom. The van der Waals surface area contributed by atoms with E-state index in [4.69, 9.17) is 13.8 Å². The van der Waals surface area contributed by atoms with Crippen LogP contribution in [-0.2, 0) is 27.9 Å². The molecule has 0 saturated heterocycles. The van der Waals surface area contributed by atoms with Crippen LogP contribution in [0.1, 0.15) is 374 Å². The normalized spacial score (nSPS) is 13.8. The quantitative estimate of drug-likeness (QED) is 0.0205. The second kappa shape index (κ2) is 69.3. The van der Waals surface area contributed by atoms with E-state index in [2.05, 4.69) is 86.8 Å². The van der Waals surface area contributed by atoms with E-state index in [1.54, 1.807) is 0 Å². The zero-order valence-corrected chi connectivity index (χ0v) is 61.3. The Kier molecular flexibility index (Phi) is 67.3. The van der Waals surface area contributed by atoms with E-state index in [9.17, 15) is 19.0 Å². The number of allylic oxidation sites excluding steroid dienone is 11. The minimum atomic E-state index is -4.46. The lowest BCUT2D eigenvalue weighted by molar-refractivity contribution is -0.870. The number of ether oxygens (including phenoxy) is 1. The fraction of sp³-hybridized carbons (Fsp3) is 0.825. The van der Waals surface area contributed by atoms with E-state index in [-0.39, 0.29) is 25.1 Å². The minimum Gasteiger partial charge on any atom is -0.456 e. The molecule has 0 aliphatic heterocycles. The molecule has 526 valence electrons. The maximum Gasteiger partial charge on any atom is 0.472 e. The highest BCUT2D eigenvalue weighted by molar-refractivity contribution is 7.47. The lowest BCUT2D eigenvalue weighted by atomic mass is 10.0. The lowest BCUT2D eigenvalue weighted by Crippen LogP contribution is -2.47. The van der Waals surface area contributed by atoms with Crippen molar-refractivity contribution < 1.29 is 37.3 Å². The third kappa shape index (κ3) is 69.8. The van der Waals surface area contributed by atoms with Crippen LogP contribution in [0, 0.1) is 0 Å². The Balaban J connectivity index is 4.94. The summed E-state index contributed by atoms with van der Waals surface area (Å²) in [6.07, 6.45) is 92.1. The van der Waals surface area contributed by atoms with Gasteiger partial charge in [0.2, 0.25) is 5.91 Å². The predicted molar refractivity (Wildman–Crippen MR) is 392 cm³/mol. The molecule has 2 N–H and O–H groups in total. The highest BCUT2D eigenvalue weighted by atomic mass is 31.2. The van der Waals surface area contributed by atoms with Crippen molar-refractivity contribution in [3.8, 4) is 0 Å². The number of nitrogens with one attached hydrogen (secondary N) is 1. The van der Waals surface area contributed by atoms with E-state index in [0.717, 1.165) is 77.0 Å². The van der Waals surface area contributed by atoms with Crippen molar-refractivity contribution in [1.82, 2.24) is 5.32 Å². The van der Waals surface area contributed by atoms with Gasteiger partial charge in [0.15, 0.2) is 0 Å². The summed E-state index contributed by atoms with van der Waals surface area (Å²) in [7, 11) is 1.51. The summed E-state index contributed by atoms with van der Waals surface area (Å²) in [5, 5.41) is 3.08. The first-order chi connectivity index (χ1) is 43.9. The molecule has 0 saturated carbocycles. The number of amides is 1. The molecule has 3 atom stereocenters. The molecule has 0 fully saturated rings. The molecule has 0 rings (SSSR count). The number of esters is 1. The Morgan fingerprint density at radius 2 is 0.678 bits per heavy atom. The Bertz CT molecular complexity index is 1770. The maximum atomic E-state index is 13.7. The van der Waals surface area contributed by atoms with E-state index in [1.807, 2.05) is 33.3 Å². The zero-order chi connectivity index (χ0) is 65.6. The Labute approximate surface area is 559 Å². The molecule has 90 heavy (non-hydrogen) atoms. The zero-order valence-electron chi connectivity index (χ0n) is 60.4. The van der Waals surface area contributed by atoms with E-state index in [0.29, 0.717) is 23.9 Å². The van der Waals surface area contributed by atoms with Gasteiger partial charge in [-0.25, -0.2) is 4.57 Å². The number of carbonyl (C=O) groups excluding carboxylic acids is 2. The van der Waals surface area contributed by atoms with E-state index in [1.165, 1.54) is 263 Å². The number of hydrogen-bond acceptors (Lipinski definition) is 6. The fourth-order valence-corrected chi connectivity index (χ4v) is 12.1. The fourth-order valence-electron chi connectivity index (χ4n) is 11.4. The third-order valence-electron chi connectivity index (χ3n) is 17.4. The van der Waals surface area contributed by atoms with Crippen LogP contribution in [-0.4, -0.2) is 74.3 Å². The summed E-state index contributed by atoms with van der Waals surface area (Å²) < 4.78 is 30.9. The maximum absolute atomic E-state index is 13.7. The molecule has 0 aromatic carbocycles. The summed E-state index contributed by atoms with van der Waals surface area (Å²) in [5.41, 5.74) is 0. The molecule has 9 nitrogen and oxygen atoms in total. The summed E-state index contributed by atoms with van der Waals surface area (Å²) in [6.45, 7) is 7.01. The number of likely N-dealkylation sites (N-methyl/N-ethyl adjacent to an activating group) is 1. The SMILES string of the molecule is CCCCC/C=C\C/C=C\C/C=C\CCCCCCCCCCCCCCC(=O)NC(COP(=O)(O)OCC[N+](C)(C)C)C(/C=C/CCCCCCCCCCCC)OC(=O)CCCCCCCCCCCCCCCCCCC/C=C\C/C=C\CCCCC. The third-order valence-corrected chi connectivity index (χ3v) is 18.4. The molecule has 0 aromatic heterocycles. The van der Waals surface area contributed by atoms with Gasteiger partial charge < -0.3 is 19.4 Å². The summed E-state index contributed by atoms with van der Waals surface area (Å²) in [4.78, 5) is 38.0. The van der Waals surface area contributed by atoms with Gasteiger partial charge in [-0.15, -0.1) is 0 Å². The number of carbonyl (C=O) groups is 2. The average Bonchev–Trinajstić information content (AvgIpc) is 3.11. The van der Waals surface area contributed by atoms with Crippen LogP contribution in [0.5, 0.6) is 0 Å². The van der Waals surface area contributed by atoms with Crippen LogP contribution in [0.15, 0.2) is 72.9 Å². The van der Waals surface area contributed by atoms with Gasteiger partial charge in [-0.1, -0.05) is 332 Å². The molecule has 0 aromatic rings. The van der Waals surface area contributed by atoms with Crippen molar-refractivity contribution >= 4 is 19.7 Å². The molecule has 0 spiro atoms. The van der Waals surface area contributed by atoms with Gasteiger partial charge in [0, 0.05) is 12.8 Å². The van der Waals surface area contributed by atoms with Crippen molar-refractivity contribution in [2.75, 3.05) is 40.9 Å². The van der Waals surface area contributed by atoms with Crippen molar-refractivity contribution in [1.29, 1.82) is 0 Å². The number of rotatable bonds is 71. The first kappa shape index (κ1) is 87.5. The molecule has 1 amide bonds. The van der Waals surface area contributed by atoms with Gasteiger partial charge >= 0.3 is 13.8 Å². The minimum absolute atomic E-state index is 0.0399. The monoisotopic (exact) mass is 1280 g/mol. The molecule has 0 radical (unpaired) electrons. The highest BCUT2D eigenvalue weighted by Crippen LogP contribution is 2.43. The van der Waals surface area contributed by atoms with E-state index < -0.39 is 20.0 Å². The van der Waals surface area contributed by atoms with Crippen molar-refractivity contribution in [3.05, 3.63) is 72.9 Å². The molecule has 0 aliphatic carbocycles. The van der Waals surface area contributed by atoms with Crippen LogP contribution in [0.2, 0.25) is 0 Å². The first-order valence-electron chi connectivity index (χ1n) is 38.8. The van der Waals surface area contributed by atoms with E-state index >= 15 is 0 Å². The second-order valence-electron chi connectivity index (χ2n) is 27.5. The topological polar surface area (TPSA) is 111 Å². The standard InChI is InChI=1S/C80H149N2O7P/c1-7-10-13-16-19-22-25-28-30-32-34-36-38-40-41-43-45-47-49-51-53-55-58-61-64-67-70-73-80(84)89-78(71-68-65-62-59-56-27-24-21-18-15-12-9-3)77(76-88-90(85,86)87-75-74-82(4,5)6)81-79(83)72-69-66-63-60-57-54-52-50-48-46-44-42-39-37-35-33-31-29-26-23-20-17-14-11-8-2/h19-20,22-23,28-31,35,37,68,71,77-78H,7-18,21,24-27,32-34,36,38-67,69-70,72-76H2,1-6H3,(H-,81,83,85,86)/p+1/b22-19-,23-20-,30-28-,31-29-,37-35-,71-68+. The molecular weight excluding hydrogens is 1130 g/mol.